The van der Waals surface area contributed by atoms with Crippen LogP contribution in [0.15, 0.2) is 0 Å². The van der Waals surface area contributed by atoms with E-state index in [0.29, 0.717) is 12.8 Å². The summed E-state index contributed by atoms with van der Waals surface area (Å²) in [6.07, 6.45) is 2.16. The predicted octanol–water partition coefficient (Wildman–Crippen LogP) is 0.106. The maximum Gasteiger partial charge on any atom is 0.240 e. The Balaban J connectivity index is 3.48. The van der Waals surface area contributed by atoms with Gasteiger partial charge in [0.05, 0.1) is 0 Å². The molecular formula is C6H12O4S. The van der Waals surface area contributed by atoms with Crippen molar-refractivity contribution in [2.45, 2.75) is 25.7 Å². The number of hydrogen-bond acceptors (Lipinski definition) is 3. The van der Waals surface area contributed by atoms with Crippen molar-refractivity contribution in [3.63, 3.8) is 0 Å². The van der Waals surface area contributed by atoms with Gasteiger partial charge in [-0.05, 0) is 12.8 Å². The molecule has 0 aliphatic carbocycles. The van der Waals surface area contributed by atoms with E-state index in [2.05, 4.69) is 0 Å². The SMILES string of the molecule is O=S(=O)=C(O)CCCCCO. The van der Waals surface area contributed by atoms with E-state index in [1.165, 1.54) is 0 Å². The Morgan fingerprint density at radius 2 is 1.82 bits per heavy atom. The normalized spacial score (nSPS) is 9.64. The summed E-state index contributed by atoms with van der Waals surface area (Å²) in [7, 11) is -2.46. The molecule has 0 saturated heterocycles. The zero-order valence-electron chi connectivity index (χ0n) is 6.15. The summed E-state index contributed by atoms with van der Waals surface area (Å²) in [5.74, 6) is 0. The molecule has 0 aromatic rings. The van der Waals surface area contributed by atoms with E-state index in [4.69, 9.17) is 10.2 Å². The van der Waals surface area contributed by atoms with E-state index >= 15 is 0 Å². The number of unbranched alkanes of at least 4 members (excludes halogenated alkanes) is 2. The summed E-state index contributed by atoms with van der Waals surface area (Å²) in [5, 5.41) is 16.5. The van der Waals surface area contributed by atoms with Crippen LogP contribution in [0.1, 0.15) is 25.7 Å². The predicted molar refractivity (Wildman–Crippen MR) is 42.1 cm³/mol. The molecule has 0 aliphatic rings. The van der Waals surface area contributed by atoms with E-state index < -0.39 is 15.3 Å². The van der Waals surface area contributed by atoms with Gasteiger partial charge in [0.2, 0.25) is 10.3 Å². The van der Waals surface area contributed by atoms with Crippen LogP contribution in [-0.2, 0) is 10.3 Å². The molecule has 0 rings (SSSR count). The molecule has 11 heavy (non-hydrogen) atoms. The largest absolute Gasteiger partial charge is 0.396 e. The highest BCUT2D eigenvalue weighted by molar-refractivity contribution is 7.72. The fourth-order valence-electron chi connectivity index (χ4n) is 0.648. The highest BCUT2D eigenvalue weighted by atomic mass is 32.2. The smallest absolute Gasteiger partial charge is 0.240 e. The fourth-order valence-corrected chi connectivity index (χ4v) is 0.959. The summed E-state index contributed by atoms with van der Waals surface area (Å²) in [6.45, 7) is 0.112. The highest BCUT2D eigenvalue weighted by Crippen LogP contribution is 1.98. The van der Waals surface area contributed by atoms with E-state index in [-0.39, 0.29) is 13.0 Å². The molecule has 0 aromatic heterocycles. The molecule has 0 bridgehead atoms. The molecule has 0 fully saturated rings. The maximum absolute atomic E-state index is 10.0. The molecule has 4 nitrogen and oxygen atoms in total. The average Bonchev–Trinajstić information content (AvgIpc) is 1.97. The molecule has 5 heteroatoms. The Kier molecular flexibility index (Phi) is 6.10. The van der Waals surface area contributed by atoms with Gasteiger partial charge in [0.15, 0.2) is 5.05 Å². The zero-order chi connectivity index (χ0) is 8.69. The first-order chi connectivity index (χ1) is 5.18. The van der Waals surface area contributed by atoms with Crippen molar-refractivity contribution in [3.05, 3.63) is 0 Å². The fraction of sp³-hybridized carbons (Fsp3) is 0.833. The lowest BCUT2D eigenvalue weighted by molar-refractivity contribution is 0.283. The molecule has 0 amide bonds. The second kappa shape index (κ2) is 6.33. The van der Waals surface area contributed by atoms with E-state index in [9.17, 15) is 8.42 Å². The first-order valence-electron chi connectivity index (χ1n) is 3.43. The lowest BCUT2D eigenvalue weighted by atomic mass is 10.2. The van der Waals surface area contributed by atoms with Gasteiger partial charge in [0.25, 0.3) is 0 Å². The van der Waals surface area contributed by atoms with Gasteiger partial charge in [0.1, 0.15) is 0 Å². The zero-order valence-corrected chi connectivity index (χ0v) is 6.97. The molecule has 0 aromatic carbocycles. The molecule has 2 N–H and O–H groups in total. The van der Waals surface area contributed by atoms with Crippen LogP contribution in [0.4, 0.5) is 0 Å². The number of rotatable bonds is 5. The highest BCUT2D eigenvalue weighted by Gasteiger charge is 1.95. The second-order valence-corrected chi connectivity index (χ2v) is 3.10. The lowest BCUT2D eigenvalue weighted by Gasteiger charge is -1.94. The van der Waals surface area contributed by atoms with Gasteiger partial charge in [-0.25, -0.2) is 0 Å². The molecule has 0 spiro atoms. The van der Waals surface area contributed by atoms with Crippen LogP contribution in [0, 0.1) is 0 Å². The van der Waals surface area contributed by atoms with Crippen molar-refractivity contribution in [1.29, 1.82) is 0 Å². The molecule has 0 atom stereocenters. The van der Waals surface area contributed by atoms with Crippen molar-refractivity contribution in [1.82, 2.24) is 0 Å². The number of hydrogen-bond donors (Lipinski definition) is 2. The Morgan fingerprint density at radius 1 is 1.18 bits per heavy atom. The minimum atomic E-state index is -2.46. The third-order valence-corrected chi connectivity index (χ3v) is 1.83. The first-order valence-corrected chi connectivity index (χ1v) is 4.51. The van der Waals surface area contributed by atoms with Crippen LogP contribution in [0.5, 0.6) is 0 Å². The van der Waals surface area contributed by atoms with E-state index in [0.717, 1.165) is 6.42 Å². The van der Waals surface area contributed by atoms with Crippen molar-refractivity contribution in [2.75, 3.05) is 6.61 Å². The number of aliphatic hydroxyl groups is 2. The lowest BCUT2D eigenvalue weighted by Crippen LogP contribution is -1.97. The Labute approximate surface area is 67.0 Å². The molecule has 66 valence electrons. The van der Waals surface area contributed by atoms with Gasteiger partial charge in [-0.15, -0.1) is 0 Å². The second-order valence-electron chi connectivity index (χ2n) is 2.16. The van der Waals surface area contributed by atoms with Crippen molar-refractivity contribution >= 4 is 15.3 Å². The van der Waals surface area contributed by atoms with Crippen LogP contribution in [-0.4, -0.2) is 30.3 Å². The molecule has 0 radical (unpaired) electrons. The van der Waals surface area contributed by atoms with Crippen molar-refractivity contribution in [2.24, 2.45) is 0 Å². The van der Waals surface area contributed by atoms with Crippen molar-refractivity contribution < 1.29 is 18.6 Å². The van der Waals surface area contributed by atoms with Gasteiger partial charge < -0.3 is 10.2 Å². The van der Waals surface area contributed by atoms with Gasteiger partial charge >= 0.3 is 0 Å². The van der Waals surface area contributed by atoms with Gasteiger partial charge in [-0.3, -0.25) is 0 Å². The Hall–Kier alpha value is -0.390. The monoisotopic (exact) mass is 180 g/mol. The van der Waals surface area contributed by atoms with E-state index in [1.54, 1.807) is 0 Å². The van der Waals surface area contributed by atoms with Crippen LogP contribution in [0.2, 0.25) is 0 Å². The third-order valence-electron chi connectivity index (χ3n) is 1.24. The minimum absolute atomic E-state index is 0.112. The third kappa shape index (κ3) is 6.03. The molecular weight excluding hydrogens is 168 g/mol. The quantitative estimate of drug-likeness (QED) is 0.465. The van der Waals surface area contributed by atoms with Gasteiger partial charge in [0, 0.05) is 13.0 Å². The van der Waals surface area contributed by atoms with E-state index in [1.807, 2.05) is 0 Å². The topological polar surface area (TPSA) is 74.6 Å². The van der Waals surface area contributed by atoms with Crippen LogP contribution < -0.4 is 0 Å². The summed E-state index contributed by atoms with van der Waals surface area (Å²) in [5.41, 5.74) is 0. The van der Waals surface area contributed by atoms with Crippen LogP contribution in [0.25, 0.3) is 0 Å². The van der Waals surface area contributed by atoms with Crippen LogP contribution >= 0.6 is 0 Å². The first kappa shape index (κ1) is 10.6. The maximum atomic E-state index is 10.0. The summed E-state index contributed by atoms with van der Waals surface area (Å²) in [6, 6.07) is 0. The molecule has 0 unspecified atom stereocenters. The number of aliphatic hydroxyl groups excluding tert-OH is 2. The Morgan fingerprint density at radius 3 is 2.27 bits per heavy atom. The van der Waals surface area contributed by atoms with Gasteiger partial charge in [-0.1, -0.05) is 6.42 Å². The molecule has 0 aliphatic heterocycles. The summed E-state index contributed by atoms with van der Waals surface area (Å²) in [4.78, 5) is 0. The van der Waals surface area contributed by atoms with Gasteiger partial charge in [-0.2, -0.15) is 8.42 Å². The summed E-state index contributed by atoms with van der Waals surface area (Å²) >= 11 is 0. The Bertz CT molecular complexity index is 209. The molecule has 0 saturated carbocycles. The standard InChI is InChI=1S/C6H12O4S/c7-5-3-1-2-4-6(8)11(9)10/h7-8H,1-5H2. The van der Waals surface area contributed by atoms with Crippen molar-refractivity contribution in [3.8, 4) is 0 Å². The molecule has 0 heterocycles. The average molecular weight is 180 g/mol. The minimum Gasteiger partial charge on any atom is -0.396 e. The van der Waals surface area contributed by atoms with Crippen LogP contribution in [0.3, 0.4) is 0 Å². The summed E-state index contributed by atoms with van der Waals surface area (Å²) < 4.78 is 20.1.